The number of unbranched alkanes of at least 4 members (excludes halogenated alkanes) is 26. The summed E-state index contributed by atoms with van der Waals surface area (Å²) in [4.78, 5) is 14.1. The number of hydrogen-bond donors (Lipinski definition) is 2. The van der Waals surface area contributed by atoms with Gasteiger partial charge < -0.3 is 10.2 Å². The average molecular weight is 660 g/mol. The predicted octanol–water partition coefficient (Wildman–Crippen LogP) is 11.6. The van der Waals surface area contributed by atoms with Crippen LogP contribution in [0.5, 0.6) is 5.75 Å². The van der Waals surface area contributed by atoms with Crippen molar-refractivity contribution in [2.24, 2.45) is 0 Å². The molecule has 5 heteroatoms. The molecule has 1 aromatic heterocycles. The molecule has 0 saturated carbocycles. The highest BCUT2D eigenvalue weighted by Gasteiger charge is 2.21. The van der Waals surface area contributed by atoms with Gasteiger partial charge in [-0.2, -0.15) is 4.57 Å². The second kappa shape index (κ2) is 31.8. The molecule has 1 aromatic rings. The minimum Gasteiger partial charge on any atom is -0.502 e. The summed E-state index contributed by atoms with van der Waals surface area (Å²) in [5.41, 5.74) is 1.40. The molecule has 0 bridgehead atoms. The van der Waals surface area contributed by atoms with Crippen LogP contribution in [0.1, 0.15) is 215 Å². The zero-order valence-electron chi connectivity index (χ0n) is 31.7. The monoisotopic (exact) mass is 660 g/mol. The third kappa shape index (κ3) is 22.7. The van der Waals surface area contributed by atoms with E-state index in [9.17, 15) is 15.0 Å². The van der Waals surface area contributed by atoms with Crippen molar-refractivity contribution in [1.29, 1.82) is 0 Å². The van der Waals surface area contributed by atoms with Crippen LogP contribution in [0, 0.1) is 6.92 Å². The summed E-state index contributed by atoms with van der Waals surface area (Å²) < 4.78 is 2.01. The summed E-state index contributed by atoms with van der Waals surface area (Å²) in [5.74, 6) is -0.00273. The highest BCUT2D eigenvalue weighted by Crippen LogP contribution is 2.21. The van der Waals surface area contributed by atoms with Gasteiger partial charge in [0.15, 0.2) is 24.8 Å². The van der Waals surface area contributed by atoms with Gasteiger partial charge in [0.25, 0.3) is 0 Å². The number of hydrogen-bond acceptors (Lipinski definition) is 4. The van der Waals surface area contributed by atoms with E-state index < -0.39 is 0 Å². The molecule has 47 heavy (non-hydrogen) atoms. The molecule has 0 spiro atoms. The molecular weight excluding hydrogens is 580 g/mol. The summed E-state index contributed by atoms with van der Waals surface area (Å²) in [6, 6.07) is 0. The van der Waals surface area contributed by atoms with Gasteiger partial charge in [-0.25, -0.2) is 0 Å². The van der Waals surface area contributed by atoms with Gasteiger partial charge in [0.2, 0.25) is 5.69 Å². The molecule has 0 atom stereocenters. The fraction of sp³-hybridized carbons (Fsp3) is 0.857. The number of aromatic nitrogens is 1. The number of aromatic hydroxyl groups is 1. The third-order valence-electron chi connectivity index (χ3n) is 10.3. The minimum absolute atomic E-state index is 0.00273. The Morgan fingerprint density at radius 1 is 0.574 bits per heavy atom. The standard InChI is InChI=1S/C42H78N2O3/c1-4-6-8-10-12-14-16-18-20-22-24-26-28-30-32-43(34-35-44-36-40(37-45)41(38-46)42(47)39(44)3)33-31-29-27-25-23-21-19-17-15-13-11-9-7-5-2/h36,38,45H,4-35,37H2,1-3H3/p+1. The topological polar surface area (TPSA) is 64.7 Å². The van der Waals surface area contributed by atoms with Crippen molar-refractivity contribution in [2.45, 2.75) is 214 Å². The highest BCUT2D eigenvalue weighted by atomic mass is 16.3. The molecule has 0 aliphatic heterocycles. The molecule has 0 unspecified atom stereocenters. The zero-order valence-corrected chi connectivity index (χ0v) is 31.7. The fourth-order valence-electron chi connectivity index (χ4n) is 6.97. The number of aldehydes is 1. The lowest BCUT2D eigenvalue weighted by Crippen LogP contribution is -2.44. The predicted molar refractivity (Wildman–Crippen MR) is 201 cm³/mol. The van der Waals surface area contributed by atoms with Gasteiger partial charge in [-0.05, 0) is 25.9 Å². The van der Waals surface area contributed by atoms with Crippen LogP contribution in [-0.2, 0) is 13.2 Å². The Balaban J connectivity index is 2.34. The summed E-state index contributed by atoms with van der Waals surface area (Å²) in [7, 11) is 0. The molecule has 274 valence electrons. The van der Waals surface area contributed by atoms with Crippen LogP contribution in [0.3, 0.4) is 0 Å². The van der Waals surface area contributed by atoms with Crippen molar-refractivity contribution in [3.05, 3.63) is 23.0 Å². The Kier molecular flexibility index (Phi) is 29.5. The zero-order chi connectivity index (χ0) is 34.2. The summed E-state index contributed by atoms with van der Waals surface area (Å²) in [6.07, 6.45) is 41.2. The fourth-order valence-corrected chi connectivity index (χ4v) is 6.97. The average Bonchev–Trinajstić information content (AvgIpc) is 3.08. The van der Waals surface area contributed by atoms with Crippen LogP contribution >= 0.6 is 0 Å². The lowest BCUT2D eigenvalue weighted by atomic mass is 10.0. The van der Waals surface area contributed by atoms with Gasteiger partial charge in [-0.3, -0.25) is 9.69 Å². The second-order valence-electron chi connectivity index (χ2n) is 14.5. The van der Waals surface area contributed by atoms with Gasteiger partial charge >= 0.3 is 0 Å². The number of nitrogens with zero attached hydrogens (tertiary/aromatic N) is 2. The molecule has 0 saturated heterocycles. The first kappa shape index (κ1) is 43.6. The van der Waals surface area contributed by atoms with E-state index in [-0.39, 0.29) is 17.9 Å². The SMILES string of the molecule is CCCCCCCCCCCCCCCCN(CCCCCCCCCCCCCCCC)CC[n+]1cc(CO)c(C=O)c(O)c1C. The maximum absolute atomic E-state index is 11.5. The van der Waals surface area contributed by atoms with Crippen molar-refractivity contribution < 1.29 is 19.6 Å². The number of aliphatic hydroxyl groups excluding tert-OH is 1. The van der Waals surface area contributed by atoms with E-state index in [0.717, 1.165) is 26.2 Å². The summed E-state index contributed by atoms with van der Waals surface area (Å²) >= 11 is 0. The van der Waals surface area contributed by atoms with E-state index in [1.165, 1.54) is 180 Å². The normalized spacial score (nSPS) is 11.6. The maximum atomic E-state index is 11.5. The first-order valence-corrected chi connectivity index (χ1v) is 20.6. The molecule has 5 nitrogen and oxygen atoms in total. The van der Waals surface area contributed by atoms with E-state index in [1.807, 2.05) is 17.7 Å². The van der Waals surface area contributed by atoms with Crippen molar-refractivity contribution in [3.63, 3.8) is 0 Å². The molecule has 0 aromatic carbocycles. The highest BCUT2D eigenvalue weighted by molar-refractivity contribution is 5.81. The Hall–Kier alpha value is -1.46. The van der Waals surface area contributed by atoms with E-state index in [0.29, 0.717) is 17.5 Å². The Morgan fingerprint density at radius 3 is 1.23 bits per heavy atom. The molecule has 0 aliphatic rings. The number of pyridine rings is 1. The van der Waals surface area contributed by atoms with Gasteiger partial charge in [0.05, 0.1) is 24.3 Å². The first-order valence-electron chi connectivity index (χ1n) is 20.6. The molecular formula is C42H79N2O3+. The lowest BCUT2D eigenvalue weighted by molar-refractivity contribution is -0.703. The van der Waals surface area contributed by atoms with Crippen LogP contribution in [-0.4, -0.2) is 41.0 Å². The van der Waals surface area contributed by atoms with Crippen LogP contribution < -0.4 is 4.57 Å². The Morgan fingerprint density at radius 2 is 0.915 bits per heavy atom. The van der Waals surface area contributed by atoms with Crippen molar-refractivity contribution in [2.75, 3.05) is 19.6 Å². The molecule has 0 fully saturated rings. The summed E-state index contributed by atoms with van der Waals surface area (Å²) in [5, 5.41) is 20.3. The van der Waals surface area contributed by atoms with Crippen LogP contribution in [0.4, 0.5) is 0 Å². The van der Waals surface area contributed by atoms with Crippen LogP contribution in [0.25, 0.3) is 0 Å². The Labute approximate surface area is 292 Å². The lowest BCUT2D eigenvalue weighted by Gasteiger charge is -2.21. The summed E-state index contributed by atoms with van der Waals surface area (Å²) in [6.45, 7) is 10.1. The van der Waals surface area contributed by atoms with Crippen molar-refractivity contribution in [1.82, 2.24) is 4.90 Å². The molecule has 0 aliphatic carbocycles. The van der Waals surface area contributed by atoms with Gasteiger partial charge in [0, 0.05) is 6.92 Å². The van der Waals surface area contributed by atoms with Gasteiger partial charge in [-0.1, -0.05) is 181 Å². The number of carbonyl (C=O) groups excluding carboxylic acids is 1. The smallest absolute Gasteiger partial charge is 0.221 e. The van der Waals surface area contributed by atoms with Gasteiger partial charge in [-0.15, -0.1) is 0 Å². The number of carbonyl (C=O) groups is 1. The molecule has 2 N–H and O–H groups in total. The maximum Gasteiger partial charge on any atom is 0.221 e. The van der Waals surface area contributed by atoms with E-state index in [2.05, 4.69) is 18.7 Å². The van der Waals surface area contributed by atoms with E-state index >= 15 is 0 Å². The largest absolute Gasteiger partial charge is 0.502 e. The second-order valence-corrected chi connectivity index (χ2v) is 14.5. The van der Waals surface area contributed by atoms with E-state index in [4.69, 9.17) is 0 Å². The molecule has 0 radical (unpaired) electrons. The van der Waals surface area contributed by atoms with Crippen LogP contribution in [0.2, 0.25) is 0 Å². The molecule has 1 heterocycles. The van der Waals surface area contributed by atoms with E-state index in [1.54, 1.807) is 0 Å². The number of rotatable bonds is 35. The Bertz CT molecular complexity index is 827. The number of aliphatic hydroxyl groups is 1. The molecule has 1 rings (SSSR count). The van der Waals surface area contributed by atoms with Crippen LogP contribution in [0.15, 0.2) is 6.20 Å². The quantitative estimate of drug-likeness (QED) is 0.0432. The third-order valence-corrected chi connectivity index (χ3v) is 10.3. The minimum atomic E-state index is -0.246. The molecule has 0 amide bonds. The van der Waals surface area contributed by atoms with Crippen molar-refractivity contribution in [3.8, 4) is 5.75 Å². The van der Waals surface area contributed by atoms with Gasteiger partial charge in [0.1, 0.15) is 0 Å². The first-order chi connectivity index (χ1) is 23.1. The van der Waals surface area contributed by atoms with Crippen molar-refractivity contribution >= 4 is 6.29 Å².